The highest BCUT2D eigenvalue weighted by molar-refractivity contribution is 5.76. The second-order valence-electron chi connectivity index (χ2n) is 7.25. The fourth-order valence-electron chi connectivity index (χ4n) is 4.75. The lowest BCUT2D eigenvalue weighted by atomic mass is 9.86. The summed E-state index contributed by atoms with van der Waals surface area (Å²) in [5, 5.41) is 3.33. The third-order valence-corrected chi connectivity index (χ3v) is 5.80. The van der Waals surface area contributed by atoms with Crippen molar-refractivity contribution in [2.24, 2.45) is 17.8 Å². The summed E-state index contributed by atoms with van der Waals surface area (Å²) in [5.41, 5.74) is 0. The summed E-state index contributed by atoms with van der Waals surface area (Å²) < 4.78 is 0. The maximum absolute atomic E-state index is 12.2. The van der Waals surface area contributed by atoms with Crippen LogP contribution in [0.2, 0.25) is 0 Å². The molecule has 0 saturated heterocycles. The van der Waals surface area contributed by atoms with Crippen molar-refractivity contribution >= 4 is 5.91 Å². The van der Waals surface area contributed by atoms with Gasteiger partial charge < -0.3 is 5.32 Å². The van der Waals surface area contributed by atoms with Gasteiger partial charge in [-0.1, -0.05) is 38.5 Å². The Hall–Kier alpha value is -0.530. The Bertz CT molecular complexity index is 306. The van der Waals surface area contributed by atoms with Crippen LogP contribution in [0.25, 0.3) is 0 Å². The Balaban J connectivity index is 1.42. The van der Waals surface area contributed by atoms with Gasteiger partial charge in [0.15, 0.2) is 0 Å². The van der Waals surface area contributed by atoms with Crippen molar-refractivity contribution in [1.82, 2.24) is 5.32 Å². The van der Waals surface area contributed by atoms with E-state index in [0.717, 1.165) is 18.3 Å². The van der Waals surface area contributed by atoms with Gasteiger partial charge in [0, 0.05) is 12.5 Å². The molecule has 3 saturated carbocycles. The van der Waals surface area contributed by atoms with Crippen LogP contribution >= 0.6 is 0 Å². The molecular formula is C17H29NO. The van der Waals surface area contributed by atoms with Gasteiger partial charge in [0.25, 0.3) is 0 Å². The van der Waals surface area contributed by atoms with Gasteiger partial charge in [0.1, 0.15) is 0 Å². The second-order valence-corrected chi connectivity index (χ2v) is 7.25. The van der Waals surface area contributed by atoms with E-state index in [9.17, 15) is 4.79 Å². The van der Waals surface area contributed by atoms with Crippen LogP contribution < -0.4 is 5.32 Å². The molecule has 1 N–H and O–H groups in total. The van der Waals surface area contributed by atoms with Gasteiger partial charge in [0.2, 0.25) is 5.91 Å². The highest BCUT2D eigenvalue weighted by Crippen LogP contribution is 2.49. The van der Waals surface area contributed by atoms with Crippen molar-refractivity contribution in [2.45, 2.75) is 83.1 Å². The number of carbonyl (C=O) groups excluding carboxylic acids is 1. The summed E-state index contributed by atoms with van der Waals surface area (Å²) >= 11 is 0. The van der Waals surface area contributed by atoms with Gasteiger partial charge in [-0.25, -0.2) is 0 Å². The van der Waals surface area contributed by atoms with E-state index in [1.165, 1.54) is 70.6 Å². The fraction of sp³-hybridized carbons (Fsp3) is 0.941. The summed E-state index contributed by atoms with van der Waals surface area (Å²) in [6.07, 6.45) is 15.5. The molecular weight excluding hydrogens is 234 g/mol. The average molecular weight is 263 g/mol. The molecule has 0 spiro atoms. The standard InChI is InChI=1S/C17H29NO/c19-17(12-15-11-13-8-9-14(15)10-13)18-16-6-4-2-1-3-5-7-16/h13-16H,1-12H2,(H,18,19). The van der Waals surface area contributed by atoms with E-state index in [4.69, 9.17) is 0 Å². The smallest absolute Gasteiger partial charge is 0.220 e. The first-order chi connectivity index (χ1) is 9.31. The SMILES string of the molecule is O=C(CC1CC2CCC1C2)NC1CCCCCCC1. The quantitative estimate of drug-likeness (QED) is 0.818. The van der Waals surface area contributed by atoms with E-state index in [1.54, 1.807) is 0 Å². The molecule has 2 nitrogen and oxygen atoms in total. The molecule has 0 radical (unpaired) electrons. The number of carbonyl (C=O) groups is 1. The molecule has 3 aliphatic rings. The molecule has 19 heavy (non-hydrogen) atoms. The molecule has 0 heterocycles. The number of rotatable bonds is 3. The third kappa shape index (κ3) is 3.52. The van der Waals surface area contributed by atoms with Gasteiger partial charge >= 0.3 is 0 Å². The normalized spacial score (nSPS) is 35.9. The van der Waals surface area contributed by atoms with Gasteiger partial charge in [-0.2, -0.15) is 0 Å². The lowest BCUT2D eigenvalue weighted by Gasteiger charge is -2.24. The molecule has 0 aliphatic heterocycles. The molecule has 0 aromatic rings. The van der Waals surface area contributed by atoms with E-state index >= 15 is 0 Å². The summed E-state index contributed by atoms with van der Waals surface area (Å²) in [4.78, 5) is 12.2. The maximum atomic E-state index is 12.2. The predicted molar refractivity (Wildman–Crippen MR) is 77.8 cm³/mol. The zero-order valence-corrected chi connectivity index (χ0v) is 12.2. The van der Waals surface area contributed by atoms with Crippen molar-refractivity contribution in [2.75, 3.05) is 0 Å². The van der Waals surface area contributed by atoms with Crippen LogP contribution in [0.1, 0.15) is 77.0 Å². The maximum Gasteiger partial charge on any atom is 0.220 e. The van der Waals surface area contributed by atoms with Crippen molar-refractivity contribution in [3.8, 4) is 0 Å². The molecule has 1 amide bonds. The van der Waals surface area contributed by atoms with Gasteiger partial charge in [-0.05, 0) is 49.9 Å². The molecule has 3 unspecified atom stereocenters. The van der Waals surface area contributed by atoms with E-state index < -0.39 is 0 Å². The second kappa shape index (κ2) is 6.28. The van der Waals surface area contributed by atoms with E-state index in [0.29, 0.717) is 17.9 Å². The Morgan fingerprint density at radius 1 is 0.895 bits per heavy atom. The van der Waals surface area contributed by atoms with Gasteiger partial charge in [0.05, 0.1) is 0 Å². The summed E-state index contributed by atoms with van der Waals surface area (Å²) in [7, 11) is 0. The minimum atomic E-state index is 0.350. The molecule has 2 bridgehead atoms. The van der Waals surface area contributed by atoms with Crippen LogP contribution in [0.5, 0.6) is 0 Å². The summed E-state index contributed by atoms with van der Waals surface area (Å²) in [6.45, 7) is 0. The Labute approximate surface area is 117 Å². The number of hydrogen-bond donors (Lipinski definition) is 1. The summed E-state index contributed by atoms with van der Waals surface area (Å²) in [5.74, 6) is 2.91. The lowest BCUT2D eigenvalue weighted by molar-refractivity contribution is -0.123. The molecule has 0 aromatic heterocycles. The number of nitrogens with one attached hydrogen (secondary N) is 1. The molecule has 3 fully saturated rings. The van der Waals surface area contributed by atoms with E-state index in [1.807, 2.05) is 0 Å². The minimum absolute atomic E-state index is 0.350. The van der Waals surface area contributed by atoms with Crippen molar-refractivity contribution < 1.29 is 4.79 Å². The summed E-state index contributed by atoms with van der Waals surface area (Å²) in [6, 6.07) is 0.478. The fourth-order valence-corrected chi connectivity index (χ4v) is 4.75. The minimum Gasteiger partial charge on any atom is -0.353 e. The van der Waals surface area contributed by atoms with Gasteiger partial charge in [-0.15, -0.1) is 0 Å². The number of fused-ring (bicyclic) bond motifs is 2. The highest BCUT2D eigenvalue weighted by atomic mass is 16.1. The molecule has 3 atom stereocenters. The third-order valence-electron chi connectivity index (χ3n) is 5.80. The van der Waals surface area contributed by atoms with Crippen molar-refractivity contribution in [3.05, 3.63) is 0 Å². The van der Waals surface area contributed by atoms with Crippen LogP contribution in [-0.4, -0.2) is 11.9 Å². The first-order valence-corrected chi connectivity index (χ1v) is 8.60. The van der Waals surface area contributed by atoms with Crippen LogP contribution in [-0.2, 0) is 4.79 Å². The zero-order chi connectivity index (χ0) is 13.1. The van der Waals surface area contributed by atoms with Crippen LogP contribution in [0.4, 0.5) is 0 Å². The Morgan fingerprint density at radius 2 is 1.63 bits per heavy atom. The number of hydrogen-bond acceptors (Lipinski definition) is 1. The molecule has 3 aliphatic carbocycles. The van der Waals surface area contributed by atoms with Crippen LogP contribution in [0.15, 0.2) is 0 Å². The monoisotopic (exact) mass is 263 g/mol. The largest absolute Gasteiger partial charge is 0.353 e. The van der Waals surface area contributed by atoms with E-state index in [2.05, 4.69) is 5.32 Å². The Kier molecular flexibility index (Phi) is 4.45. The van der Waals surface area contributed by atoms with Crippen molar-refractivity contribution in [3.63, 3.8) is 0 Å². The predicted octanol–water partition coefficient (Wildman–Crippen LogP) is 4.04. The van der Waals surface area contributed by atoms with Crippen LogP contribution in [0, 0.1) is 17.8 Å². The molecule has 108 valence electrons. The molecule has 3 rings (SSSR count). The highest BCUT2D eigenvalue weighted by Gasteiger charge is 2.40. The molecule has 0 aromatic carbocycles. The van der Waals surface area contributed by atoms with Gasteiger partial charge in [-0.3, -0.25) is 4.79 Å². The Morgan fingerprint density at radius 3 is 2.26 bits per heavy atom. The van der Waals surface area contributed by atoms with Crippen molar-refractivity contribution in [1.29, 1.82) is 0 Å². The lowest BCUT2D eigenvalue weighted by Crippen LogP contribution is -2.36. The zero-order valence-electron chi connectivity index (χ0n) is 12.2. The van der Waals surface area contributed by atoms with E-state index in [-0.39, 0.29) is 0 Å². The molecule has 2 heteroatoms. The topological polar surface area (TPSA) is 29.1 Å². The average Bonchev–Trinajstić information content (AvgIpc) is 2.94. The first kappa shape index (κ1) is 13.5. The first-order valence-electron chi connectivity index (χ1n) is 8.60. The number of amides is 1. The van der Waals surface area contributed by atoms with Crippen LogP contribution in [0.3, 0.4) is 0 Å².